The summed E-state index contributed by atoms with van der Waals surface area (Å²) in [6, 6.07) is 4.86. The van der Waals surface area contributed by atoms with E-state index < -0.39 is 0 Å². The van der Waals surface area contributed by atoms with Crippen LogP contribution in [0.3, 0.4) is 0 Å². The lowest BCUT2D eigenvalue weighted by Crippen LogP contribution is -2.05. The Bertz CT molecular complexity index is 492. The van der Waals surface area contributed by atoms with Crippen LogP contribution < -0.4 is 5.32 Å². The van der Waals surface area contributed by atoms with Crippen LogP contribution in [0, 0.1) is 12.7 Å². The van der Waals surface area contributed by atoms with Crippen molar-refractivity contribution in [2.45, 2.75) is 13.5 Å². The molecule has 0 fully saturated rings. The molecule has 0 aliphatic rings. The third-order valence-electron chi connectivity index (χ3n) is 2.30. The normalized spacial score (nSPS) is 10.7. The molecule has 84 valence electrons. The van der Waals surface area contributed by atoms with E-state index in [9.17, 15) is 4.39 Å². The lowest BCUT2D eigenvalue weighted by atomic mass is 10.2. The molecule has 0 saturated carbocycles. The Morgan fingerprint density at radius 2 is 2.25 bits per heavy atom. The molecule has 0 aliphatic carbocycles. The highest BCUT2D eigenvalue weighted by Crippen LogP contribution is 2.12. The van der Waals surface area contributed by atoms with Gasteiger partial charge >= 0.3 is 0 Å². The first-order valence-corrected chi connectivity index (χ1v) is 5.03. The van der Waals surface area contributed by atoms with E-state index in [1.807, 2.05) is 13.2 Å². The predicted molar refractivity (Wildman–Crippen MR) is 58.8 cm³/mol. The number of nitrogens with zero attached hydrogens (tertiary/aromatic N) is 3. The second-order valence-corrected chi connectivity index (χ2v) is 3.62. The number of aromatic nitrogens is 3. The molecule has 16 heavy (non-hydrogen) atoms. The molecule has 0 atom stereocenters. The third kappa shape index (κ3) is 2.09. The quantitative estimate of drug-likeness (QED) is 0.851. The number of hydrogen-bond acceptors (Lipinski definition) is 3. The first kappa shape index (κ1) is 10.8. The van der Waals surface area contributed by atoms with Gasteiger partial charge in [0.1, 0.15) is 5.82 Å². The van der Waals surface area contributed by atoms with Gasteiger partial charge in [-0.1, -0.05) is 5.21 Å². The lowest BCUT2D eigenvalue weighted by Gasteiger charge is -2.01. The van der Waals surface area contributed by atoms with Gasteiger partial charge in [0.25, 0.3) is 0 Å². The van der Waals surface area contributed by atoms with Crippen LogP contribution in [0.25, 0.3) is 5.69 Å². The van der Waals surface area contributed by atoms with E-state index in [0.29, 0.717) is 12.1 Å². The van der Waals surface area contributed by atoms with Crippen LogP contribution in [-0.4, -0.2) is 22.0 Å². The van der Waals surface area contributed by atoms with Gasteiger partial charge < -0.3 is 5.32 Å². The molecule has 0 aliphatic heterocycles. The standard InChI is InChI=1S/C11H13FN4/c1-8-5-10(3-4-11(8)12)16-7-9(6-13-2)14-15-16/h3-5,7,13H,6H2,1-2H3. The number of rotatable bonds is 3. The zero-order valence-electron chi connectivity index (χ0n) is 9.24. The summed E-state index contributed by atoms with van der Waals surface area (Å²) in [6.07, 6.45) is 1.82. The minimum Gasteiger partial charge on any atom is -0.314 e. The van der Waals surface area contributed by atoms with E-state index in [2.05, 4.69) is 15.6 Å². The first-order valence-electron chi connectivity index (χ1n) is 5.03. The molecule has 1 aromatic carbocycles. The molecule has 1 N–H and O–H groups in total. The van der Waals surface area contributed by atoms with E-state index in [-0.39, 0.29) is 5.82 Å². The van der Waals surface area contributed by atoms with Crippen molar-refractivity contribution in [2.24, 2.45) is 0 Å². The summed E-state index contributed by atoms with van der Waals surface area (Å²) in [4.78, 5) is 0. The summed E-state index contributed by atoms with van der Waals surface area (Å²) in [5, 5.41) is 11.0. The Morgan fingerprint density at radius 3 is 2.94 bits per heavy atom. The first-order chi connectivity index (χ1) is 7.70. The Balaban J connectivity index is 2.31. The zero-order chi connectivity index (χ0) is 11.5. The van der Waals surface area contributed by atoms with Crippen LogP contribution in [0.4, 0.5) is 4.39 Å². The molecule has 0 unspecified atom stereocenters. The summed E-state index contributed by atoms with van der Waals surface area (Å²) in [5.41, 5.74) is 2.27. The number of benzene rings is 1. The highest BCUT2D eigenvalue weighted by molar-refractivity contribution is 5.35. The van der Waals surface area contributed by atoms with Gasteiger partial charge in [0.15, 0.2) is 0 Å². The van der Waals surface area contributed by atoms with Crippen molar-refractivity contribution >= 4 is 0 Å². The van der Waals surface area contributed by atoms with Gasteiger partial charge in [-0.3, -0.25) is 0 Å². The summed E-state index contributed by atoms with van der Waals surface area (Å²) in [5.74, 6) is -0.209. The molecule has 0 bridgehead atoms. The number of nitrogens with one attached hydrogen (secondary N) is 1. The van der Waals surface area contributed by atoms with Gasteiger partial charge in [0, 0.05) is 6.54 Å². The van der Waals surface area contributed by atoms with Crippen molar-refractivity contribution in [3.63, 3.8) is 0 Å². The highest BCUT2D eigenvalue weighted by atomic mass is 19.1. The molecule has 0 radical (unpaired) electrons. The van der Waals surface area contributed by atoms with E-state index in [4.69, 9.17) is 0 Å². The number of hydrogen-bond donors (Lipinski definition) is 1. The Kier molecular flexibility index (Phi) is 2.96. The van der Waals surface area contributed by atoms with Crippen molar-refractivity contribution in [1.29, 1.82) is 0 Å². The van der Waals surface area contributed by atoms with Crippen LogP contribution in [0.1, 0.15) is 11.3 Å². The summed E-state index contributed by atoms with van der Waals surface area (Å²) < 4.78 is 14.7. The van der Waals surface area contributed by atoms with Gasteiger partial charge in [0.05, 0.1) is 17.6 Å². The molecular weight excluding hydrogens is 207 g/mol. The molecular formula is C11H13FN4. The SMILES string of the molecule is CNCc1cn(-c2ccc(F)c(C)c2)nn1. The highest BCUT2D eigenvalue weighted by Gasteiger charge is 2.04. The summed E-state index contributed by atoms with van der Waals surface area (Å²) in [7, 11) is 1.85. The fourth-order valence-electron chi connectivity index (χ4n) is 1.46. The lowest BCUT2D eigenvalue weighted by molar-refractivity contribution is 0.617. The van der Waals surface area contributed by atoms with Crippen LogP contribution in [0.15, 0.2) is 24.4 Å². The second-order valence-electron chi connectivity index (χ2n) is 3.62. The van der Waals surface area contributed by atoms with Crippen LogP contribution in [0.5, 0.6) is 0 Å². The number of halogens is 1. The molecule has 2 rings (SSSR count). The Labute approximate surface area is 93.1 Å². The van der Waals surface area contributed by atoms with Crippen molar-refractivity contribution in [3.8, 4) is 5.69 Å². The van der Waals surface area contributed by atoms with Gasteiger partial charge in [-0.25, -0.2) is 9.07 Å². The number of aryl methyl sites for hydroxylation is 1. The Hall–Kier alpha value is -1.75. The second kappa shape index (κ2) is 4.40. The average molecular weight is 220 g/mol. The minimum atomic E-state index is -0.209. The zero-order valence-corrected chi connectivity index (χ0v) is 9.24. The molecule has 4 nitrogen and oxygen atoms in total. The average Bonchev–Trinajstić information content (AvgIpc) is 2.71. The van der Waals surface area contributed by atoms with E-state index in [0.717, 1.165) is 11.4 Å². The van der Waals surface area contributed by atoms with Crippen molar-refractivity contribution < 1.29 is 4.39 Å². The topological polar surface area (TPSA) is 42.7 Å². The van der Waals surface area contributed by atoms with E-state index in [1.165, 1.54) is 6.07 Å². The fourth-order valence-corrected chi connectivity index (χ4v) is 1.46. The van der Waals surface area contributed by atoms with Gasteiger partial charge in [-0.05, 0) is 37.7 Å². The molecule has 0 saturated heterocycles. The van der Waals surface area contributed by atoms with Crippen LogP contribution >= 0.6 is 0 Å². The predicted octanol–water partition coefficient (Wildman–Crippen LogP) is 1.43. The van der Waals surface area contributed by atoms with Crippen LogP contribution in [-0.2, 0) is 6.54 Å². The molecule has 1 aromatic heterocycles. The van der Waals surface area contributed by atoms with E-state index in [1.54, 1.807) is 23.7 Å². The van der Waals surface area contributed by atoms with Crippen molar-refractivity contribution in [2.75, 3.05) is 7.05 Å². The third-order valence-corrected chi connectivity index (χ3v) is 2.30. The molecule has 5 heteroatoms. The molecule has 0 spiro atoms. The smallest absolute Gasteiger partial charge is 0.126 e. The summed E-state index contributed by atoms with van der Waals surface area (Å²) in [6.45, 7) is 2.39. The molecule has 2 aromatic rings. The maximum atomic E-state index is 13.1. The summed E-state index contributed by atoms with van der Waals surface area (Å²) >= 11 is 0. The maximum absolute atomic E-state index is 13.1. The monoisotopic (exact) mass is 220 g/mol. The van der Waals surface area contributed by atoms with Gasteiger partial charge in [-0.15, -0.1) is 5.10 Å². The molecule has 0 amide bonds. The maximum Gasteiger partial charge on any atom is 0.126 e. The van der Waals surface area contributed by atoms with Crippen LogP contribution in [0.2, 0.25) is 0 Å². The Morgan fingerprint density at radius 1 is 1.44 bits per heavy atom. The minimum absolute atomic E-state index is 0.209. The molecule has 1 heterocycles. The fraction of sp³-hybridized carbons (Fsp3) is 0.273. The van der Waals surface area contributed by atoms with Gasteiger partial charge in [-0.2, -0.15) is 0 Å². The largest absolute Gasteiger partial charge is 0.314 e. The van der Waals surface area contributed by atoms with Crippen molar-refractivity contribution in [1.82, 2.24) is 20.3 Å². The van der Waals surface area contributed by atoms with Gasteiger partial charge in [0.2, 0.25) is 0 Å². The van der Waals surface area contributed by atoms with E-state index >= 15 is 0 Å². The van der Waals surface area contributed by atoms with Crippen molar-refractivity contribution in [3.05, 3.63) is 41.5 Å².